The van der Waals surface area contributed by atoms with Crippen LogP contribution in [0.5, 0.6) is 0 Å². The summed E-state index contributed by atoms with van der Waals surface area (Å²) in [7, 11) is 1.78. The van der Waals surface area contributed by atoms with Gasteiger partial charge in [0.05, 0.1) is 28.9 Å². The van der Waals surface area contributed by atoms with Crippen LogP contribution in [0.3, 0.4) is 0 Å². The van der Waals surface area contributed by atoms with Gasteiger partial charge in [-0.15, -0.1) is 0 Å². The second kappa shape index (κ2) is 9.66. The number of aromatic nitrogens is 3. The summed E-state index contributed by atoms with van der Waals surface area (Å²) in [5.74, 6) is 1.32. The molecule has 38 heavy (non-hydrogen) atoms. The van der Waals surface area contributed by atoms with Gasteiger partial charge in [-0.25, -0.2) is 9.37 Å². The van der Waals surface area contributed by atoms with Crippen molar-refractivity contribution < 1.29 is 18.4 Å². The number of fused-ring (bicyclic) bond motifs is 1. The van der Waals surface area contributed by atoms with Crippen LogP contribution in [0.15, 0.2) is 40.9 Å². The van der Waals surface area contributed by atoms with Gasteiger partial charge in [-0.3, -0.25) is 4.79 Å². The van der Waals surface area contributed by atoms with Gasteiger partial charge in [0.15, 0.2) is 0 Å². The number of hydrogen-bond acceptors (Lipinski definition) is 5. The average Bonchev–Trinajstić information content (AvgIpc) is 3.59. The Hall–Kier alpha value is -3.52. The first-order valence-electron chi connectivity index (χ1n) is 13.4. The first-order chi connectivity index (χ1) is 18.4. The summed E-state index contributed by atoms with van der Waals surface area (Å²) < 4.78 is 28.0. The summed E-state index contributed by atoms with van der Waals surface area (Å²) in [6.45, 7) is 5.59. The molecule has 0 spiro atoms. The van der Waals surface area contributed by atoms with Crippen molar-refractivity contribution in [2.24, 2.45) is 0 Å². The van der Waals surface area contributed by atoms with Gasteiger partial charge in [0.2, 0.25) is 5.91 Å². The lowest BCUT2D eigenvalue weighted by Crippen LogP contribution is -2.31. The van der Waals surface area contributed by atoms with E-state index in [4.69, 9.17) is 14.2 Å². The number of imidazole rings is 1. The van der Waals surface area contributed by atoms with Crippen LogP contribution in [0.1, 0.15) is 73.5 Å². The summed E-state index contributed by atoms with van der Waals surface area (Å²) in [5, 5.41) is 4.12. The van der Waals surface area contributed by atoms with Gasteiger partial charge < -0.3 is 18.7 Å². The Morgan fingerprint density at radius 1 is 1.03 bits per heavy atom. The lowest BCUT2D eigenvalue weighted by Gasteiger charge is -2.32. The first-order valence-corrected chi connectivity index (χ1v) is 13.4. The van der Waals surface area contributed by atoms with Crippen molar-refractivity contribution in [2.45, 2.75) is 77.5 Å². The minimum Gasteiger partial charge on any atom is -0.381 e. The Morgan fingerprint density at radius 2 is 1.82 bits per heavy atom. The zero-order chi connectivity index (χ0) is 26.6. The van der Waals surface area contributed by atoms with Crippen LogP contribution in [0.4, 0.5) is 10.1 Å². The maximum Gasteiger partial charge on any atom is 0.227 e. The summed E-state index contributed by atoms with van der Waals surface area (Å²) in [6, 6.07) is 11.3. The fourth-order valence-corrected chi connectivity index (χ4v) is 6.31. The Bertz CT molecular complexity index is 1500. The quantitative estimate of drug-likeness (QED) is 0.293. The molecule has 3 heterocycles. The summed E-state index contributed by atoms with van der Waals surface area (Å²) in [5.41, 5.74) is 5.90. The molecule has 2 aromatic carbocycles. The Balaban J connectivity index is 1.49. The van der Waals surface area contributed by atoms with Crippen LogP contribution >= 0.6 is 0 Å². The largest absolute Gasteiger partial charge is 0.381 e. The predicted octanol–water partition coefficient (Wildman–Crippen LogP) is 6.75. The molecular formula is C30H33FN4O3. The fraction of sp³-hybridized carbons (Fsp3) is 0.433. The van der Waals surface area contributed by atoms with E-state index in [1.165, 1.54) is 6.07 Å². The number of ether oxygens (including phenoxy) is 1. The number of rotatable bonds is 5. The number of aryl methyl sites for hydroxylation is 3. The molecule has 6 rings (SSSR count). The molecule has 7 nitrogen and oxygen atoms in total. The standard InChI is InChI=1S/C30H33FN4O3/c1-17-5-7-22(16-24(17)31)34-27(13-14-28(34)36)30-32-25-15-20(29-18(2)33-38-19(29)3)6-12-26(25)35(30)21-8-10-23(37-4)11-9-21/h5-7,12,15-16,21,23,27H,8-11,13-14H2,1-4H3/t21?,23?,27-/m0/s1. The highest BCUT2D eigenvalue weighted by Gasteiger charge is 2.38. The highest BCUT2D eigenvalue weighted by Crippen LogP contribution is 2.42. The zero-order valence-corrected chi connectivity index (χ0v) is 22.3. The molecule has 4 aromatic rings. The number of halogens is 1. The molecule has 0 unspecified atom stereocenters. The molecule has 8 heteroatoms. The van der Waals surface area contributed by atoms with Crippen molar-refractivity contribution >= 4 is 22.6 Å². The van der Waals surface area contributed by atoms with Crippen molar-refractivity contribution in [2.75, 3.05) is 12.0 Å². The summed E-state index contributed by atoms with van der Waals surface area (Å²) in [6.07, 6.45) is 5.23. The Morgan fingerprint density at radius 3 is 2.50 bits per heavy atom. The molecule has 2 aliphatic rings. The Kier molecular flexibility index (Phi) is 6.30. The third-order valence-electron chi connectivity index (χ3n) is 8.32. The van der Waals surface area contributed by atoms with Crippen molar-refractivity contribution in [1.82, 2.24) is 14.7 Å². The SMILES string of the molecule is COC1CCC(n2c([C@@H]3CCC(=O)N3c3ccc(C)c(F)c3)nc3cc(-c4c(C)noc4C)ccc32)CC1. The average molecular weight is 517 g/mol. The normalized spacial score (nSPS) is 22.1. The molecule has 0 radical (unpaired) electrons. The summed E-state index contributed by atoms with van der Waals surface area (Å²) >= 11 is 0. The highest BCUT2D eigenvalue weighted by atomic mass is 19.1. The number of carbonyl (C=O) groups is 1. The van der Waals surface area contributed by atoms with Crippen LogP contribution in [-0.2, 0) is 9.53 Å². The third-order valence-corrected chi connectivity index (χ3v) is 8.32. The van der Waals surface area contributed by atoms with Crippen LogP contribution < -0.4 is 4.90 Å². The topological polar surface area (TPSA) is 73.4 Å². The number of carbonyl (C=O) groups excluding carboxylic acids is 1. The second-order valence-electron chi connectivity index (χ2n) is 10.7. The van der Waals surface area contributed by atoms with E-state index in [0.29, 0.717) is 24.1 Å². The van der Waals surface area contributed by atoms with Crippen LogP contribution in [0, 0.1) is 26.6 Å². The molecule has 2 fully saturated rings. The minimum absolute atomic E-state index is 0.00337. The molecule has 1 amide bonds. The molecule has 1 saturated carbocycles. The van der Waals surface area contributed by atoms with Crippen molar-refractivity contribution in [3.05, 3.63) is 65.1 Å². The van der Waals surface area contributed by atoms with E-state index in [2.05, 4.69) is 27.9 Å². The number of benzene rings is 2. The van der Waals surface area contributed by atoms with Gasteiger partial charge in [0, 0.05) is 30.8 Å². The molecule has 1 atom stereocenters. The molecule has 198 valence electrons. The number of nitrogens with zero attached hydrogens (tertiary/aromatic N) is 4. The molecular weight excluding hydrogens is 483 g/mol. The van der Waals surface area contributed by atoms with E-state index in [9.17, 15) is 9.18 Å². The smallest absolute Gasteiger partial charge is 0.227 e. The second-order valence-corrected chi connectivity index (χ2v) is 10.7. The van der Waals surface area contributed by atoms with Crippen LogP contribution in [-0.4, -0.2) is 33.8 Å². The molecule has 2 aromatic heterocycles. The van der Waals surface area contributed by atoms with Crippen molar-refractivity contribution in [3.8, 4) is 11.1 Å². The predicted molar refractivity (Wildman–Crippen MR) is 144 cm³/mol. The molecule has 1 aliphatic carbocycles. The lowest BCUT2D eigenvalue weighted by molar-refractivity contribution is -0.117. The Labute approximate surface area is 221 Å². The maximum atomic E-state index is 14.6. The number of amides is 1. The minimum atomic E-state index is -0.309. The molecule has 0 N–H and O–H groups in total. The van der Waals surface area contributed by atoms with Crippen molar-refractivity contribution in [3.63, 3.8) is 0 Å². The van der Waals surface area contributed by atoms with Gasteiger partial charge in [-0.1, -0.05) is 17.3 Å². The van der Waals surface area contributed by atoms with Crippen molar-refractivity contribution in [1.29, 1.82) is 0 Å². The first kappa shape index (κ1) is 24.8. The molecule has 0 bridgehead atoms. The number of methoxy groups -OCH3 is 1. The van der Waals surface area contributed by atoms with Crippen LogP contribution in [0.2, 0.25) is 0 Å². The van der Waals surface area contributed by atoms with E-state index < -0.39 is 0 Å². The van der Waals surface area contributed by atoms with E-state index in [-0.39, 0.29) is 29.9 Å². The molecule has 1 aliphatic heterocycles. The van der Waals surface area contributed by atoms with Gasteiger partial charge in [0.1, 0.15) is 17.4 Å². The van der Waals surface area contributed by atoms with E-state index in [0.717, 1.165) is 65.1 Å². The monoisotopic (exact) mass is 516 g/mol. The van der Waals surface area contributed by atoms with E-state index in [1.807, 2.05) is 19.9 Å². The van der Waals surface area contributed by atoms with Crippen LogP contribution in [0.25, 0.3) is 22.2 Å². The van der Waals surface area contributed by atoms with E-state index in [1.54, 1.807) is 25.0 Å². The van der Waals surface area contributed by atoms with Gasteiger partial charge in [-0.05, 0) is 88.3 Å². The van der Waals surface area contributed by atoms with Gasteiger partial charge in [-0.2, -0.15) is 0 Å². The lowest BCUT2D eigenvalue weighted by atomic mass is 9.92. The highest BCUT2D eigenvalue weighted by molar-refractivity contribution is 5.96. The fourth-order valence-electron chi connectivity index (χ4n) is 6.31. The third kappa shape index (κ3) is 4.11. The zero-order valence-electron chi connectivity index (χ0n) is 22.3. The van der Waals surface area contributed by atoms with Gasteiger partial charge in [0.25, 0.3) is 0 Å². The number of anilines is 1. The number of hydrogen-bond donors (Lipinski definition) is 0. The van der Waals surface area contributed by atoms with E-state index >= 15 is 0 Å². The summed E-state index contributed by atoms with van der Waals surface area (Å²) in [4.78, 5) is 20.1. The maximum absolute atomic E-state index is 14.6. The van der Waals surface area contributed by atoms with Gasteiger partial charge >= 0.3 is 0 Å². The molecule has 1 saturated heterocycles.